The fraction of sp³-hybridized carbons (Fsp3) is 0.381. The Morgan fingerprint density at radius 1 is 1.07 bits per heavy atom. The molecule has 1 fully saturated rings. The highest BCUT2D eigenvalue weighted by Crippen LogP contribution is 2.20. The summed E-state index contributed by atoms with van der Waals surface area (Å²) in [6.45, 7) is 1.71. The van der Waals surface area contributed by atoms with Crippen LogP contribution in [0, 0.1) is 0 Å². The van der Waals surface area contributed by atoms with Crippen molar-refractivity contribution in [1.82, 2.24) is 15.1 Å². The van der Waals surface area contributed by atoms with Gasteiger partial charge < -0.3 is 0 Å². The molecular formula is C21H26N4O3S. The van der Waals surface area contributed by atoms with Gasteiger partial charge in [0.2, 0.25) is 10.0 Å². The van der Waals surface area contributed by atoms with Gasteiger partial charge in [-0.1, -0.05) is 43.9 Å². The highest BCUT2D eigenvalue weighted by Gasteiger charge is 2.21. The van der Waals surface area contributed by atoms with Gasteiger partial charge in [-0.05, 0) is 49.6 Å². The van der Waals surface area contributed by atoms with Gasteiger partial charge in [0.15, 0.2) is 0 Å². The van der Waals surface area contributed by atoms with Crippen LogP contribution in [0.2, 0.25) is 0 Å². The topological polar surface area (TPSA) is 101 Å². The quantitative estimate of drug-likeness (QED) is 0.430. The van der Waals surface area contributed by atoms with E-state index in [1.807, 2.05) is 0 Å². The standard InChI is InChI=1S/C21H26N4O3S/c1-16(23-24-21(26)20-13-6-7-14-22-20)17-9-8-12-19(15-17)29(27,28)25-18-10-4-2-3-5-11-18/h6-9,12-15,18,25H,2-5,10-11H2,1H3,(H,24,26)/b23-16-. The average molecular weight is 415 g/mol. The van der Waals surface area contributed by atoms with E-state index in [2.05, 4.69) is 20.2 Å². The van der Waals surface area contributed by atoms with Crippen molar-refractivity contribution in [3.8, 4) is 0 Å². The third-order valence-corrected chi connectivity index (χ3v) is 6.48. The first-order valence-corrected chi connectivity index (χ1v) is 11.3. The molecule has 0 bridgehead atoms. The highest BCUT2D eigenvalue weighted by atomic mass is 32.2. The van der Waals surface area contributed by atoms with Crippen LogP contribution < -0.4 is 10.1 Å². The van der Waals surface area contributed by atoms with E-state index in [0.717, 1.165) is 38.5 Å². The van der Waals surface area contributed by atoms with Crippen LogP contribution in [0.1, 0.15) is 61.5 Å². The summed E-state index contributed by atoms with van der Waals surface area (Å²) in [4.78, 5) is 16.2. The van der Waals surface area contributed by atoms with E-state index < -0.39 is 15.9 Å². The van der Waals surface area contributed by atoms with Crippen molar-refractivity contribution in [3.05, 3.63) is 59.9 Å². The second-order valence-corrected chi connectivity index (χ2v) is 8.90. The zero-order valence-corrected chi connectivity index (χ0v) is 17.3. The molecule has 0 unspecified atom stereocenters. The van der Waals surface area contributed by atoms with Crippen LogP contribution in [0.25, 0.3) is 0 Å². The maximum atomic E-state index is 12.8. The average Bonchev–Trinajstić information content (AvgIpc) is 3.00. The van der Waals surface area contributed by atoms with E-state index in [1.54, 1.807) is 49.4 Å². The monoisotopic (exact) mass is 414 g/mol. The molecule has 1 saturated carbocycles. The Morgan fingerprint density at radius 2 is 1.83 bits per heavy atom. The van der Waals surface area contributed by atoms with Crippen LogP contribution in [-0.2, 0) is 10.0 Å². The predicted molar refractivity (Wildman–Crippen MR) is 112 cm³/mol. The lowest BCUT2D eigenvalue weighted by Gasteiger charge is -2.16. The SMILES string of the molecule is C/C(=N/NC(=O)c1ccccn1)c1cccc(S(=O)(=O)NC2CCCCCC2)c1. The van der Waals surface area contributed by atoms with Crippen LogP contribution in [0.4, 0.5) is 0 Å². The number of hydrogen-bond donors (Lipinski definition) is 2. The number of aromatic nitrogens is 1. The first-order chi connectivity index (χ1) is 14.0. The number of benzene rings is 1. The summed E-state index contributed by atoms with van der Waals surface area (Å²) in [7, 11) is -3.61. The van der Waals surface area contributed by atoms with Gasteiger partial charge >= 0.3 is 0 Å². The molecule has 1 heterocycles. The van der Waals surface area contributed by atoms with Crippen LogP contribution in [-0.4, -0.2) is 31.1 Å². The third kappa shape index (κ3) is 5.95. The van der Waals surface area contributed by atoms with Gasteiger partial charge in [-0.25, -0.2) is 18.6 Å². The van der Waals surface area contributed by atoms with Gasteiger partial charge in [0, 0.05) is 12.2 Å². The van der Waals surface area contributed by atoms with E-state index in [1.165, 1.54) is 6.20 Å². The molecule has 3 rings (SSSR count). The van der Waals surface area contributed by atoms with E-state index >= 15 is 0 Å². The fourth-order valence-electron chi connectivity index (χ4n) is 3.33. The number of amides is 1. The van der Waals surface area contributed by atoms with Crippen LogP contribution in [0.15, 0.2) is 58.7 Å². The molecule has 0 aliphatic heterocycles. The molecule has 0 radical (unpaired) electrons. The zero-order chi connectivity index (χ0) is 20.7. The summed E-state index contributed by atoms with van der Waals surface area (Å²) in [5.74, 6) is -0.427. The number of carbonyl (C=O) groups excluding carboxylic acids is 1. The van der Waals surface area contributed by atoms with Crippen molar-refractivity contribution < 1.29 is 13.2 Å². The Morgan fingerprint density at radius 3 is 2.52 bits per heavy atom. The van der Waals surface area contributed by atoms with Gasteiger partial charge in [-0.2, -0.15) is 5.10 Å². The summed E-state index contributed by atoms with van der Waals surface area (Å²) < 4.78 is 28.5. The Bertz CT molecular complexity index is 966. The van der Waals surface area contributed by atoms with Crippen molar-refractivity contribution in [2.75, 3.05) is 0 Å². The van der Waals surface area contributed by atoms with Gasteiger partial charge in [0.25, 0.3) is 5.91 Å². The number of sulfonamides is 1. The molecule has 2 aromatic rings. The smallest absolute Gasteiger partial charge is 0.266 e. The first kappa shape index (κ1) is 21.1. The van der Waals surface area contributed by atoms with Crippen LogP contribution >= 0.6 is 0 Å². The van der Waals surface area contributed by atoms with Crippen molar-refractivity contribution in [2.45, 2.75) is 56.4 Å². The molecule has 29 heavy (non-hydrogen) atoms. The van der Waals surface area contributed by atoms with Gasteiger partial charge in [-0.15, -0.1) is 0 Å². The maximum Gasteiger partial charge on any atom is 0.289 e. The van der Waals surface area contributed by atoms with Gasteiger partial charge in [-0.3, -0.25) is 9.78 Å². The molecule has 0 atom stereocenters. The molecule has 7 nitrogen and oxygen atoms in total. The second kappa shape index (κ2) is 9.76. The Kier molecular flexibility index (Phi) is 7.11. The second-order valence-electron chi connectivity index (χ2n) is 7.19. The fourth-order valence-corrected chi connectivity index (χ4v) is 4.68. The minimum absolute atomic E-state index is 0.0152. The zero-order valence-electron chi connectivity index (χ0n) is 16.5. The van der Waals surface area contributed by atoms with E-state index in [0.29, 0.717) is 11.3 Å². The molecule has 1 aromatic carbocycles. The lowest BCUT2D eigenvalue weighted by Crippen LogP contribution is -2.34. The van der Waals surface area contributed by atoms with Crippen LogP contribution in [0.5, 0.6) is 0 Å². The van der Waals surface area contributed by atoms with Crippen molar-refractivity contribution in [1.29, 1.82) is 0 Å². The summed E-state index contributed by atoms with van der Waals surface area (Å²) in [6.07, 6.45) is 7.70. The molecule has 1 aliphatic rings. The number of nitrogens with one attached hydrogen (secondary N) is 2. The molecular weight excluding hydrogens is 388 g/mol. The molecule has 1 aromatic heterocycles. The van der Waals surface area contributed by atoms with Crippen molar-refractivity contribution >= 4 is 21.6 Å². The van der Waals surface area contributed by atoms with E-state index in [-0.39, 0.29) is 16.6 Å². The predicted octanol–water partition coefficient (Wildman–Crippen LogP) is 3.24. The van der Waals surface area contributed by atoms with Gasteiger partial charge in [0.1, 0.15) is 5.69 Å². The summed E-state index contributed by atoms with van der Waals surface area (Å²) in [6, 6.07) is 11.6. The van der Waals surface area contributed by atoms with Gasteiger partial charge in [0.05, 0.1) is 10.6 Å². The molecule has 8 heteroatoms. The number of hydrazone groups is 1. The molecule has 0 spiro atoms. The van der Waals surface area contributed by atoms with Crippen molar-refractivity contribution in [2.24, 2.45) is 5.10 Å². The summed E-state index contributed by atoms with van der Waals surface area (Å²) in [5.41, 5.74) is 3.83. The minimum atomic E-state index is -3.61. The lowest BCUT2D eigenvalue weighted by molar-refractivity contribution is 0.0950. The molecule has 1 aliphatic carbocycles. The maximum absolute atomic E-state index is 12.8. The highest BCUT2D eigenvalue weighted by molar-refractivity contribution is 7.89. The van der Waals surface area contributed by atoms with Crippen LogP contribution in [0.3, 0.4) is 0 Å². The Balaban J connectivity index is 1.71. The van der Waals surface area contributed by atoms with E-state index in [4.69, 9.17) is 0 Å². The summed E-state index contributed by atoms with van der Waals surface area (Å²) in [5, 5.41) is 4.08. The first-order valence-electron chi connectivity index (χ1n) is 9.84. The lowest BCUT2D eigenvalue weighted by atomic mass is 10.1. The van der Waals surface area contributed by atoms with E-state index in [9.17, 15) is 13.2 Å². The Hall–Kier alpha value is -2.58. The molecule has 154 valence electrons. The minimum Gasteiger partial charge on any atom is -0.266 e. The normalized spacial score (nSPS) is 16.2. The largest absolute Gasteiger partial charge is 0.289 e. The number of nitrogens with zero attached hydrogens (tertiary/aromatic N) is 2. The van der Waals surface area contributed by atoms with Crippen molar-refractivity contribution in [3.63, 3.8) is 0 Å². The number of carbonyl (C=O) groups is 1. The Labute approximate surface area is 171 Å². The number of rotatable bonds is 6. The number of hydrogen-bond acceptors (Lipinski definition) is 5. The third-order valence-electron chi connectivity index (χ3n) is 4.96. The molecule has 0 saturated heterocycles. The molecule has 2 N–H and O–H groups in total. The molecule has 1 amide bonds. The number of pyridine rings is 1. The summed E-state index contributed by atoms with van der Waals surface area (Å²) >= 11 is 0.